The molecule has 0 amide bonds. The second-order valence-corrected chi connectivity index (χ2v) is 0.659. The number of nitrogens with zero attached hydrogens (tertiary/aromatic N) is 1. The Hall–Kier alpha value is 1.22. The SMILES string of the molecule is NC(N)=NOO[O-].[H-].[K+].[Li+]. The van der Waals surface area contributed by atoms with Crippen molar-refractivity contribution in [2.24, 2.45) is 16.6 Å². The van der Waals surface area contributed by atoms with Gasteiger partial charge in [-0.3, -0.25) is 0 Å². The zero-order valence-corrected chi connectivity index (χ0v) is 8.45. The summed E-state index contributed by atoms with van der Waals surface area (Å²) in [4.78, 5) is 3.38. The molecule has 0 aliphatic heterocycles. The molecule has 0 atom stereocenters. The van der Waals surface area contributed by atoms with Crippen molar-refractivity contribution in [2.75, 3.05) is 0 Å². The fraction of sp³-hybridized carbons (Fsp3) is 0. The van der Waals surface area contributed by atoms with E-state index in [1.165, 1.54) is 0 Å². The van der Waals surface area contributed by atoms with Gasteiger partial charge in [0.15, 0.2) is 0 Å². The molecule has 44 valence electrons. The molecule has 0 aromatic heterocycles. The van der Waals surface area contributed by atoms with Crippen LogP contribution in [0.15, 0.2) is 5.16 Å². The van der Waals surface area contributed by atoms with Gasteiger partial charge in [0.2, 0.25) is 5.96 Å². The first-order valence-corrected chi connectivity index (χ1v) is 1.32. The second kappa shape index (κ2) is 12.0. The van der Waals surface area contributed by atoms with Gasteiger partial charge in [-0.05, 0) is 5.16 Å². The van der Waals surface area contributed by atoms with Crippen molar-refractivity contribution >= 4 is 5.96 Å². The van der Waals surface area contributed by atoms with Crippen LogP contribution in [0, 0.1) is 0 Å². The first kappa shape index (κ1) is 16.7. The van der Waals surface area contributed by atoms with E-state index in [0.717, 1.165) is 0 Å². The molecule has 0 bridgehead atoms. The number of hydrogen-bond donors (Lipinski definition) is 2. The van der Waals surface area contributed by atoms with E-state index >= 15 is 0 Å². The van der Waals surface area contributed by atoms with E-state index in [0.29, 0.717) is 0 Å². The Bertz CT molecular complexity index is 80.1. The molecule has 0 saturated heterocycles. The van der Waals surface area contributed by atoms with E-state index in [4.69, 9.17) is 5.26 Å². The minimum Gasteiger partial charge on any atom is -1.00 e. The van der Waals surface area contributed by atoms with Gasteiger partial charge in [-0.15, -0.1) is 0 Å². The van der Waals surface area contributed by atoms with Crippen molar-refractivity contribution in [3.05, 3.63) is 0 Å². The summed E-state index contributed by atoms with van der Waals surface area (Å²) < 4.78 is 0. The van der Waals surface area contributed by atoms with Crippen molar-refractivity contribution in [3.8, 4) is 0 Å². The van der Waals surface area contributed by atoms with E-state index in [2.05, 4.69) is 26.6 Å². The predicted octanol–water partition coefficient (Wildman–Crippen LogP) is -8.48. The Labute approximate surface area is 108 Å². The smallest absolute Gasteiger partial charge is 1.00 e. The van der Waals surface area contributed by atoms with Crippen molar-refractivity contribution in [1.29, 1.82) is 0 Å². The zero-order valence-electron chi connectivity index (χ0n) is 6.33. The van der Waals surface area contributed by atoms with E-state index in [-0.39, 0.29) is 77.6 Å². The molecule has 0 aliphatic carbocycles. The molecule has 0 aromatic rings. The van der Waals surface area contributed by atoms with Crippen LogP contribution in [-0.2, 0) is 10.0 Å². The van der Waals surface area contributed by atoms with Gasteiger partial charge >= 0.3 is 70.2 Å². The maximum absolute atomic E-state index is 8.89. The van der Waals surface area contributed by atoms with Crippen LogP contribution >= 0.6 is 0 Å². The fourth-order valence-corrected chi connectivity index (χ4v) is 0.0582. The number of nitrogens with two attached hydrogens (primary N) is 2. The normalized spacial score (nSPS) is 5.89. The Morgan fingerprint density at radius 3 is 2.11 bits per heavy atom. The Morgan fingerprint density at radius 1 is 1.56 bits per heavy atom. The average molecular weight is 153 g/mol. The molecule has 0 heterocycles. The van der Waals surface area contributed by atoms with Gasteiger partial charge in [0.05, 0.1) is 0 Å². The summed E-state index contributed by atoms with van der Waals surface area (Å²) in [6, 6.07) is 0. The first-order chi connectivity index (χ1) is 3.27. The Kier molecular flexibility index (Phi) is 22.1. The molecular formula is CH5KLiN3O3. The number of oxime groups is 1. The molecule has 4 N–H and O–H groups in total. The Morgan fingerprint density at radius 2 is 2.00 bits per heavy atom. The van der Waals surface area contributed by atoms with E-state index in [1.54, 1.807) is 0 Å². The minimum atomic E-state index is -0.365. The zero-order chi connectivity index (χ0) is 5.70. The molecule has 0 aromatic carbocycles. The average Bonchev–Trinajstić information content (AvgIpc) is 1.61. The van der Waals surface area contributed by atoms with Crippen molar-refractivity contribution < 1.29 is 87.0 Å². The minimum absolute atomic E-state index is 0. The summed E-state index contributed by atoms with van der Waals surface area (Å²) in [5.74, 6) is -0.365. The second-order valence-electron chi connectivity index (χ2n) is 0.659. The van der Waals surface area contributed by atoms with E-state index in [9.17, 15) is 0 Å². The van der Waals surface area contributed by atoms with Gasteiger partial charge in [-0.25, -0.2) is 10.0 Å². The maximum atomic E-state index is 8.89. The van der Waals surface area contributed by atoms with Crippen LogP contribution in [0.25, 0.3) is 0 Å². The largest absolute Gasteiger partial charge is 1.00 e. The third-order valence-electron chi connectivity index (χ3n) is 0.173. The van der Waals surface area contributed by atoms with Crippen molar-refractivity contribution in [1.82, 2.24) is 0 Å². The molecule has 0 radical (unpaired) electrons. The van der Waals surface area contributed by atoms with Gasteiger partial charge in [-0.1, -0.05) is 0 Å². The van der Waals surface area contributed by atoms with E-state index < -0.39 is 0 Å². The van der Waals surface area contributed by atoms with Crippen LogP contribution in [0.3, 0.4) is 0 Å². The summed E-state index contributed by atoms with van der Waals surface area (Å²) in [7, 11) is 0. The van der Waals surface area contributed by atoms with Crippen LogP contribution in [0.1, 0.15) is 1.43 Å². The molecular weight excluding hydrogens is 148 g/mol. The summed E-state index contributed by atoms with van der Waals surface area (Å²) in [5.41, 5.74) is 9.32. The molecule has 0 fully saturated rings. The molecule has 9 heavy (non-hydrogen) atoms. The van der Waals surface area contributed by atoms with Crippen LogP contribution in [0.2, 0.25) is 0 Å². The predicted molar refractivity (Wildman–Crippen MR) is 19.1 cm³/mol. The molecule has 0 saturated carbocycles. The molecule has 6 nitrogen and oxygen atoms in total. The van der Waals surface area contributed by atoms with Crippen LogP contribution in [-0.4, -0.2) is 5.96 Å². The monoisotopic (exact) mass is 153 g/mol. The molecule has 0 rings (SSSR count). The van der Waals surface area contributed by atoms with Crippen LogP contribution < -0.4 is 87.0 Å². The van der Waals surface area contributed by atoms with E-state index in [1.807, 2.05) is 0 Å². The summed E-state index contributed by atoms with van der Waals surface area (Å²) >= 11 is 0. The van der Waals surface area contributed by atoms with Gasteiger partial charge in [-0.2, -0.15) is 0 Å². The summed E-state index contributed by atoms with van der Waals surface area (Å²) in [6.45, 7) is 0. The van der Waals surface area contributed by atoms with Crippen molar-refractivity contribution in [2.45, 2.75) is 0 Å². The van der Waals surface area contributed by atoms with Crippen LogP contribution in [0.4, 0.5) is 0 Å². The standard InChI is InChI=1S/CH5N3O3.K.Li.H/c2-1(3)4-6-7-5;;;/h5H,(H4,2,3,4);;;/q;2*+1;-1/p-1. The third kappa shape index (κ3) is 17.6. The molecule has 8 heteroatoms. The topological polar surface area (TPSA) is 106 Å². The summed E-state index contributed by atoms with van der Waals surface area (Å²) in [5, 5.41) is 14.3. The number of hydrogen-bond acceptors (Lipinski definition) is 4. The van der Waals surface area contributed by atoms with Gasteiger partial charge < -0.3 is 18.2 Å². The fourth-order valence-electron chi connectivity index (χ4n) is 0.0582. The number of rotatable bonds is 2. The number of guanidine groups is 1. The van der Waals surface area contributed by atoms with Gasteiger partial charge in [0.1, 0.15) is 0 Å². The third-order valence-corrected chi connectivity index (χ3v) is 0.173. The van der Waals surface area contributed by atoms with Crippen molar-refractivity contribution in [3.63, 3.8) is 0 Å². The van der Waals surface area contributed by atoms with Gasteiger partial charge in [0.25, 0.3) is 0 Å². The van der Waals surface area contributed by atoms with Crippen LogP contribution in [0.5, 0.6) is 0 Å². The first-order valence-electron chi connectivity index (χ1n) is 1.32. The molecule has 0 unspecified atom stereocenters. The molecule has 0 spiro atoms. The Balaban J connectivity index is -0.0000000600. The quantitative estimate of drug-likeness (QED) is 0.135. The van der Waals surface area contributed by atoms with Gasteiger partial charge in [0, 0.05) is 0 Å². The molecule has 0 aliphatic rings. The summed E-state index contributed by atoms with van der Waals surface area (Å²) in [6.07, 6.45) is 0. The maximum Gasteiger partial charge on any atom is 1.00 e.